The Labute approximate surface area is 67.7 Å². The van der Waals surface area contributed by atoms with Crippen molar-refractivity contribution in [3.63, 3.8) is 0 Å². The number of aliphatic hydroxyl groups is 1. The Balaban J connectivity index is 3.91. The number of rotatable bonds is 4. The molecule has 0 aromatic heterocycles. The highest BCUT2D eigenvalue weighted by atomic mass is 32.2. The maximum atomic E-state index is 10.8. The van der Waals surface area contributed by atoms with E-state index in [-0.39, 0.29) is 12.3 Å². The summed E-state index contributed by atoms with van der Waals surface area (Å²) in [7, 11) is -3.16. The van der Waals surface area contributed by atoms with Gasteiger partial charge in [-0.3, -0.25) is 0 Å². The van der Waals surface area contributed by atoms with Crippen LogP contribution in [-0.2, 0) is 10.0 Å². The minimum atomic E-state index is -3.16. The fourth-order valence-electron chi connectivity index (χ4n) is 0.389. The lowest BCUT2D eigenvalue weighted by Crippen LogP contribution is -2.38. The van der Waals surface area contributed by atoms with Crippen LogP contribution in [-0.4, -0.2) is 31.4 Å². The zero-order valence-corrected chi connectivity index (χ0v) is 7.90. The summed E-state index contributed by atoms with van der Waals surface area (Å²) in [4.78, 5) is 0. The van der Waals surface area contributed by atoms with Gasteiger partial charge in [0, 0.05) is 6.54 Å². The molecule has 2 N–H and O–H groups in total. The van der Waals surface area contributed by atoms with E-state index in [1.165, 1.54) is 0 Å². The third-order valence-electron chi connectivity index (χ3n) is 1.10. The third kappa shape index (κ3) is 6.28. The fourth-order valence-corrected chi connectivity index (χ4v) is 1.17. The van der Waals surface area contributed by atoms with E-state index in [0.717, 1.165) is 0 Å². The average molecular weight is 181 g/mol. The van der Waals surface area contributed by atoms with Crippen molar-refractivity contribution in [2.45, 2.75) is 26.4 Å². The molecule has 0 radical (unpaired) electrons. The molecular weight excluding hydrogens is 166 g/mol. The van der Waals surface area contributed by atoms with Crippen molar-refractivity contribution in [2.24, 2.45) is 0 Å². The van der Waals surface area contributed by atoms with Gasteiger partial charge in [0.05, 0.1) is 11.4 Å². The molecule has 0 aromatic carbocycles. The molecular formula is C6H15NO3S. The van der Waals surface area contributed by atoms with Crippen LogP contribution in [0.15, 0.2) is 0 Å². The number of hydrogen-bond acceptors (Lipinski definition) is 3. The summed E-state index contributed by atoms with van der Waals surface area (Å²) in [6, 6.07) is 0. The van der Waals surface area contributed by atoms with Crippen LogP contribution in [0.5, 0.6) is 0 Å². The molecule has 0 heterocycles. The number of nitrogens with one attached hydrogen (secondary N) is 1. The SMILES string of the molecule is CCS(=O)(=O)NCC(C)(C)O. The van der Waals surface area contributed by atoms with Crippen LogP contribution in [0, 0.1) is 0 Å². The lowest BCUT2D eigenvalue weighted by Gasteiger charge is -2.16. The van der Waals surface area contributed by atoms with E-state index in [1.54, 1.807) is 20.8 Å². The van der Waals surface area contributed by atoms with Crippen LogP contribution in [0.4, 0.5) is 0 Å². The largest absolute Gasteiger partial charge is 0.389 e. The summed E-state index contributed by atoms with van der Waals surface area (Å²) in [5, 5.41) is 9.15. The second-order valence-electron chi connectivity index (χ2n) is 3.04. The molecule has 0 aromatic rings. The molecule has 0 aliphatic heterocycles. The molecule has 0 aliphatic carbocycles. The lowest BCUT2D eigenvalue weighted by atomic mass is 10.1. The van der Waals surface area contributed by atoms with Gasteiger partial charge in [-0.25, -0.2) is 13.1 Å². The maximum Gasteiger partial charge on any atom is 0.211 e. The second kappa shape index (κ2) is 3.51. The van der Waals surface area contributed by atoms with Gasteiger partial charge in [-0.1, -0.05) is 0 Å². The summed E-state index contributed by atoms with van der Waals surface area (Å²) in [5.74, 6) is 0.0447. The molecule has 11 heavy (non-hydrogen) atoms. The predicted molar refractivity (Wildman–Crippen MR) is 43.8 cm³/mol. The van der Waals surface area contributed by atoms with Crippen LogP contribution in [0.2, 0.25) is 0 Å². The minimum Gasteiger partial charge on any atom is -0.389 e. The van der Waals surface area contributed by atoms with Gasteiger partial charge in [0.25, 0.3) is 0 Å². The third-order valence-corrected chi connectivity index (χ3v) is 2.45. The average Bonchev–Trinajstić information content (AvgIpc) is 1.83. The van der Waals surface area contributed by atoms with Gasteiger partial charge >= 0.3 is 0 Å². The highest BCUT2D eigenvalue weighted by Gasteiger charge is 2.15. The van der Waals surface area contributed by atoms with Crippen LogP contribution >= 0.6 is 0 Å². The summed E-state index contributed by atoms with van der Waals surface area (Å²) >= 11 is 0. The Morgan fingerprint density at radius 1 is 1.45 bits per heavy atom. The standard InChI is InChI=1S/C6H15NO3S/c1-4-11(9,10)7-5-6(2,3)8/h7-8H,4-5H2,1-3H3. The first-order valence-electron chi connectivity index (χ1n) is 3.46. The van der Waals surface area contributed by atoms with Gasteiger partial charge in [0.15, 0.2) is 0 Å². The lowest BCUT2D eigenvalue weighted by molar-refractivity contribution is 0.0857. The van der Waals surface area contributed by atoms with Gasteiger partial charge in [0.1, 0.15) is 0 Å². The molecule has 68 valence electrons. The molecule has 0 unspecified atom stereocenters. The summed E-state index contributed by atoms with van der Waals surface area (Å²) in [6.45, 7) is 4.70. The summed E-state index contributed by atoms with van der Waals surface area (Å²) in [6.07, 6.45) is 0. The molecule has 0 saturated heterocycles. The Kier molecular flexibility index (Phi) is 3.47. The summed E-state index contributed by atoms with van der Waals surface area (Å²) in [5.41, 5.74) is -0.984. The van der Waals surface area contributed by atoms with Crippen molar-refractivity contribution in [1.82, 2.24) is 4.72 Å². The smallest absolute Gasteiger partial charge is 0.211 e. The van der Waals surface area contributed by atoms with Crippen molar-refractivity contribution >= 4 is 10.0 Å². The van der Waals surface area contributed by atoms with Gasteiger partial charge in [-0.05, 0) is 20.8 Å². The maximum absolute atomic E-state index is 10.8. The second-order valence-corrected chi connectivity index (χ2v) is 5.13. The topological polar surface area (TPSA) is 66.4 Å². The molecule has 0 rings (SSSR count). The summed E-state index contributed by atoms with van der Waals surface area (Å²) < 4.78 is 23.9. The molecule has 0 saturated carbocycles. The monoisotopic (exact) mass is 181 g/mol. The molecule has 0 bridgehead atoms. The van der Waals surface area contributed by atoms with Crippen LogP contribution in [0.25, 0.3) is 0 Å². The Morgan fingerprint density at radius 2 is 1.91 bits per heavy atom. The Bertz CT molecular complexity index is 202. The van der Waals surface area contributed by atoms with Crippen molar-refractivity contribution in [2.75, 3.05) is 12.3 Å². The molecule has 5 heteroatoms. The first-order valence-corrected chi connectivity index (χ1v) is 5.12. The first kappa shape index (κ1) is 10.9. The van der Waals surface area contributed by atoms with Crippen molar-refractivity contribution < 1.29 is 13.5 Å². The van der Waals surface area contributed by atoms with Crippen molar-refractivity contribution in [1.29, 1.82) is 0 Å². The fraction of sp³-hybridized carbons (Fsp3) is 1.00. The van der Waals surface area contributed by atoms with Crippen LogP contribution in [0.1, 0.15) is 20.8 Å². The minimum absolute atomic E-state index is 0.0447. The Morgan fingerprint density at radius 3 is 2.18 bits per heavy atom. The van der Waals surface area contributed by atoms with E-state index in [0.29, 0.717) is 0 Å². The molecule has 0 aliphatic rings. The first-order chi connectivity index (χ1) is 4.77. The Hall–Kier alpha value is -0.130. The van der Waals surface area contributed by atoms with Gasteiger partial charge in [-0.15, -0.1) is 0 Å². The quantitative estimate of drug-likeness (QED) is 0.625. The molecule has 4 nitrogen and oxygen atoms in total. The zero-order chi connectivity index (χ0) is 9.12. The zero-order valence-electron chi connectivity index (χ0n) is 7.09. The predicted octanol–water partition coefficient (Wildman–Crippen LogP) is -0.303. The molecule has 0 spiro atoms. The van der Waals surface area contributed by atoms with E-state index in [1.807, 2.05) is 0 Å². The van der Waals surface area contributed by atoms with Crippen molar-refractivity contribution in [3.8, 4) is 0 Å². The van der Waals surface area contributed by atoms with E-state index in [2.05, 4.69) is 4.72 Å². The van der Waals surface area contributed by atoms with E-state index in [9.17, 15) is 8.42 Å². The number of hydrogen-bond donors (Lipinski definition) is 2. The van der Waals surface area contributed by atoms with Gasteiger partial charge in [0.2, 0.25) is 10.0 Å². The van der Waals surface area contributed by atoms with Crippen molar-refractivity contribution in [3.05, 3.63) is 0 Å². The number of sulfonamides is 1. The van der Waals surface area contributed by atoms with Crippen LogP contribution in [0.3, 0.4) is 0 Å². The molecule has 0 atom stereocenters. The van der Waals surface area contributed by atoms with Gasteiger partial charge in [-0.2, -0.15) is 0 Å². The van der Waals surface area contributed by atoms with Crippen LogP contribution < -0.4 is 4.72 Å². The van der Waals surface area contributed by atoms with Gasteiger partial charge < -0.3 is 5.11 Å². The normalized spacial score (nSPS) is 13.5. The molecule has 0 amide bonds. The van der Waals surface area contributed by atoms with E-state index in [4.69, 9.17) is 5.11 Å². The van der Waals surface area contributed by atoms with E-state index < -0.39 is 15.6 Å². The highest BCUT2D eigenvalue weighted by molar-refractivity contribution is 7.89. The van der Waals surface area contributed by atoms with E-state index >= 15 is 0 Å². The molecule has 0 fully saturated rings. The highest BCUT2D eigenvalue weighted by Crippen LogP contribution is 1.98.